The number of hydrogen-bond acceptors (Lipinski definition) is 3. The van der Waals surface area contributed by atoms with Crippen LogP contribution in [0.1, 0.15) is 28.5 Å². The summed E-state index contributed by atoms with van der Waals surface area (Å²) in [6, 6.07) is 10.8. The van der Waals surface area contributed by atoms with Gasteiger partial charge < -0.3 is 15.6 Å². The number of benzene rings is 1. The molecule has 0 atom stereocenters. The lowest BCUT2D eigenvalue weighted by molar-refractivity contribution is 0.102. The van der Waals surface area contributed by atoms with Crippen LogP contribution in [0.5, 0.6) is 0 Å². The van der Waals surface area contributed by atoms with Crippen LogP contribution in [-0.2, 0) is 6.54 Å². The van der Waals surface area contributed by atoms with Crippen molar-refractivity contribution < 1.29 is 4.79 Å². The minimum Gasteiger partial charge on any atom is -0.326 e. The third kappa shape index (κ3) is 4.44. The minimum absolute atomic E-state index is 0. The number of rotatable bonds is 5. The Balaban J connectivity index is 0.00000242. The van der Waals surface area contributed by atoms with Gasteiger partial charge in [-0.1, -0.05) is 25.1 Å². The lowest BCUT2D eigenvalue weighted by atomic mass is 10.1. The Hall–Kier alpha value is -2.11. The molecule has 0 aliphatic rings. The van der Waals surface area contributed by atoms with Crippen molar-refractivity contribution in [3.05, 3.63) is 63.6 Å². The molecule has 5 nitrogen and oxygen atoms in total. The highest BCUT2D eigenvalue weighted by molar-refractivity contribution is 6.04. The van der Waals surface area contributed by atoms with Crippen LogP contribution in [-0.4, -0.2) is 17.4 Å². The molecule has 118 valence electrons. The van der Waals surface area contributed by atoms with Gasteiger partial charge in [-0.15, -0.1) is 12.4 Å². The van der Waals surface area contributed by atoms with Crippen LogP contribution in [0, 0.1) is 6.92 Å². The van der Waals surface area contributed by atoms with Crippen molar-refractivity contribution in [3.8, 4) is 0 Å². The maximum absolute atomic E-state index is 12.2. The molecule has 0 saturated carbocycles. The highest BCUT2D eigenvalue weighted by Crippen LogP contribution is 2.15. The van der Waals surface area contributed by atoms with Crippen molar-refractivity contribution in [2.45, 2.75) is 20.4 Å². The summed E-state index contributed by atoms with van der Waals surface area (Å²) >= 11 is 0. The van der Waals surface area contributed by atoms with Crippen molar-refractivity contribution in [2.75, 3.05) is 11.9 Å². The highest BCUT2D eigenvalue weighted by atomic mass is 35.5. The predicted octanol–water partition coefficient (Wildman–Crippen LogP) is 2.47. The van der Waals surface area contributed by atoms with Gasteiger partial charge >= 0.3 is 0 Å². The van der Waals surface area contributed by atoms with E-state index >= 15 is 0 Å². The Morgan fingerprint density at radius 2 is 1.91 bits per heavy atom. The van der Waals surface area contributed by atoms with Crippen LogP contribution in [0.2, 0.25) is 0 Å². The van der Waals surface area contributed by atoms with Gasteiger partial charge in [0.1, 0.15) is 5.56 Å². The van der Waals surface area contributed by atoms with Gasteiger partial charge in [-0.25, -0.2) is 0 Å². The van der Waals surface area contributed by atoms with Crippen molar-refractivity contribution in [1.29, 1.82) is 0 Å². The van der Waals surface area contributed by atoms with Gasteiger partial charge in [0.15, 0.2) is 0 Å². The summed E-state index contributed by atoms with van der Waals surface area (Å²) < 4.78 is 0. The number of aromatic nitrogens is 1. The van der Waals surface area contributed by atoms with Gasteiger partial charge in [0, 0.05) is 17.9 Å². The first-order valence-corrected chi connectivity index (χ1v) is 6.91. The van der Waals surface area contributed by atoms with E-state index in [2.05, 4.69) is 15.6 Å². The van der Waals surface area contributed by atoms with Crippen LogP contribution >= 0.6 is 12.4 Å². The SMILES string of the molecule is CCNCc1ccccc1NC(=O)c1ccc(C)[nH]c1=O.Cl. The van der Waals surface area contributed by atoms with E-state index in [4.69, 9.17) is 0 Å². The Bertz CT molecular complexity index is 698. The van der Waals surface area contributed by atoms with Crippen LogP contribution in [0.25, 0.3) is 0 Å². The average Bonchev–Trinajstić information content (AvgIpc) is 2.46. The number of aromatic amines is 1. The van der Waals surface area contributed by atoms with Gasteiger partial charge in [-0.2, -0.15) is 0 Å². The molecule has 2 aromatic rings. The summed E-state index contributed by atoms with van der Waals surface area (Å²) in [7, 11) is 0. The zero-order valence-electron chi connectivity index (χ0n) is 12.6. The maximum Gasteiger partial charge on any atom is 0.261 e. The van der Waals surface area contributed by atoms with Crippen molar-refractivity contribution in [1.82, 2.24) is 10.3 Å². The lowest BCUT2D eigenvalue weighted by Gasteiger charge is -2.11. The Labute approximate surface area is 135 Å². The number of para-hydroxylation sites is 1. The summed E-state index contributed by atoms with van der Waals surface area (Å²) in [4.78, 5) is 26.6. The average molecular weight is 322 g/mol. The molecule has 1 aromatic carbocycles. The van der Waals surface area contributed by atoms with Gasteiger partial charge in [0.25, 0.3) is 11.5 Å². The number of hydrogen-bond donors (Lipinski definition) is 3. The van der Waals surface area contributed by atoms with E-state index in [1.807, 2.05) is 31.2 Å². The first-order valence-electron chi connectivity index (χ1n) is 6.91. The smallest absolute Gasteiger partial charge is 0.261 e. The molecule has 0 fully saturated rings. The van der Waals surface area contributed by atoms with Crippen molar-refractivity contribution >= 4 is 24.0 Å². The Morgan fingerprint density at radius 1 is 1.18 bits per heavy atom. The topological polar surface area (TPSA) is 74.0 Å². The van der Waals surface area contributed by atoms with E-state index in [-0.39, 0.29) is 23.5 Å². The fourth-order valence-corrected chi connectivity index (χ4v) is 2.00. The number of halogens is 1. The Kier molecular flexibility index (Phi) is 6.82. The minimum atomic E-state index is -0.403. The van der Waals surface area contributed by atoms with Crippen molar-refractivity contribution in [2.24, 2.45) is 0 Å². The normalized spacial score (nSPS) is 9.91. The maximum atomic E-state index is 12.2. The van der Waals surface area contributed by atoms with Crippen LogP contribution < -0.4 is 16.2 Å². The van der Waals surface area contributed by atoms with E-state index in [0.717, 1.165) is 17.8 Å². The summed E-state index contributed by atoms with van der Waals surface area (Å²) in [6.07, 6.45) is 0. The molecule has 0 saturated heterocycles. The van der Waals surface area contributed by atoms with Crippen LogP contribution in [0.15, 0.2) is 41.2 Å². The molecular formula is C16H20ClN3O2. The largest absolute Gasteiger partial charge is 0.326 e. The first-order chi connectivity index (χ1) is 10.1. The number of aryl methyl sites for hydroxylation is 1. The molecular weight excluding hydrogens is 302 g/mol. The first kappa shape index (κ1) is 17.9. The van der Waals surface area contributed by atoms with E-state index in [9.17, 15) is 9.59 Å². The molecule has 0 spiro atoms. The molecule has 22 heavy (non-hydrogen) atoms. The number of anilines is 1. The van der Waals surface area contributed by atoms with Crippen LogP contribution in [0.4, 0.5) is 5.69 Å². The number of pyridine rings is 1. The number of H-pyrrole nitrogens is 1. The van der Waals surface area contributed by atoms with Gasteiger partial charge in [0.05, 0.1) is 0 Å². The monoisotopic (exact) mass is 321 g/mol. The quantitative estimate of drug-likeness (QED) is 0.792. The fraction of sp³-hybridized carbons (Fsp3) is 0.250. The second-order valence-electron chi connectivity index (χ2n) is 4.78. The molecule has 1 heterocycles. The molecule has 6 heteroatoms. The molecule has 3 N–H and O–H groups in total. The third-order valence-corrected chi connectivity index (χ3v) is 3.13. The van der Waals surface area contributed by atoms with E-state index in [1.54, 1.807) is 13.0 Å². The predicted molar refractivity (Wildman–Crippen MR) is 90.8 cm³/mol. The highest BCUT2D eigenvalue weighted by Gasteiger charge is 2.12. The van der Waals surface area contributed by atoms with Gasteiger partial charge in [-0.3, -0.25) is 9.59 Å². The summed E-state index contributed by atoms with van der Waals surface area (Å²) in [5, 5.41) is 6.01. The number of carbonyl (C=O) groups is 1. The summed E-state index contributed by atoms with van der Waals surface area (Å²) in [5.41, 5.74) is 2.15. The van der Waals surface area contributed by atoms with E-state index < -0.39 is 5.91 Å². The molecule has 1 aromatic heterocycles. The second-order valence-corrected chi connectivity index (χ2v) is 4.78. The summed E-state index contributed by atoms with van der Waals surface area (Å²) in [5.74, 6) is -0.403. The zero-order chi connectivity index (χ0) is 15.2. The molecule has 2 rings (SSSR count). The molecule has 0 radical (unpaired) electrons. The van der Waals surface area contributed by atoms with E-state index in [1.165, 1.54) is 6.07 Å². The number of amides is 1. The second kappa shape index (κ2) is 8.36. The van der Waals surface area contributed by atoms with E-state index in [0.29, 0.717) is 12.2 Å². The van der Waals surface area contributed by atoms with Crippen molar-refractivity contribution in [3.63, 3.8) is 0 Å². The fourth-order valence-electron chi connectivity index (χ4n) is 2.00. The summed E-state index contributed by atoms with van der Waals surface area (Å²) in [6.45, 7) is 5.30. The lowest BCUT2D eigenvalue weighted by Crippen LogP contribution is -2.24. The van der Waals surface area contributed by atoms with Gasteiger partial charge in [0.2, 0.25) is 0 Å². The molecule has 0 aliphatic carbocycles. The molecule has 0 bridgehead atoms. The third-order valence-electron chi connectivity index (χ3n) is 3.13. The zero-order valence-corrected chi connectivity index (χ0v) is 13.4. The number of carbonyl (C=O) groups excluding carboxylic acids is 1. The molecule has 0 unspecified atom stereocenters. The number of nitrogens with one attached hydrogen (secondary N) is 3. The standard InChI is InChI=1S/C16H19N3O2.ClH/c1-3-17-10-12-6-4-5-7-14(12)19-16(21)13-9-8-11(2)18-15(13)20;/h4-9,17H,3,10H2,1-2H3,(H,18,20)(H,19,21);1H. The Morgan fingerprint density at radius 3 is 2.59 bits per heavy atom. The van der Waals surface area contributed by atoms with Crippen LogP contribution in [0.3, 0.4) is 0 Å². The molecule has 0 aliphatic heterocycles. The van der Waals surface area contributed by atoms with Gasteiger partial charge in [-0.05, 0) is 37.2 Å². The molecule has 1 amide bonds.